The summed E-state index contributed by atoms with van der Waals surface area (Å²) < 4.78 is 0. The minimum absolute atomic E-state index is 0.464. The molecule has 3 unspecified atom stereocenters. The van der Waals surface area contributed by atoms with Crippen molar-refractivity contribution in [1.29, 1.82) is 0 Å². The van der Waals surface area contributed by atoms with Crippen LogP contribution in [-0.4, -0.2) is 0 Å². The van der Waals surface area contributed by atoms with Crippen LogP contribution in [0.25, 0.3) is 0 Å². The van der Waals surface area contributed by atoms with Crippen molar-refractivity contribution in [3.8, 4) is 0 Å². The number of hydrogen-bond acceptors (Lipinski definition) is 0. The van der Waals surface area contributed by atoms with Crippen LogP contribution in [0.3, 0.4) is 0 Å². The zero-order chi connectivity index (χ0) is 11.3. The van der Waals surface area contributed by atoms with E-state index >= 15 is 0 Å². The van der Waals surface area contributed by atoms with Crippen LogP contribution in [0.1, 0.15) is 55.4 Å². The molecule has 84 valence electrons. The normalized spacial score (nSPS) is 33.2. The molecule has 0 aromatic rings. The quantitative estimate of drug-likeness (QED) is 0.605. The molecule has 0 radical (unpaired) electrons. The van der Waals surface area contributed by atoms with E-state index in [0.717, 1.165) is 23.7 Å². The van der Waals surface area contributed by atoms with Crippen LogP contribution >= 0.6 is 0 Å². The van der Waals surface area contributed by atoms with Gasteiger partial charge in [0, 0.05) is 0 Å². The average molecular weight is 196 g/mol. The molecule has 1 aliphatic carbocycles. The third-order valence-electron chi connectivity index (χ3n) is 4.62. The zero-order valence-electron chi connectivity index (χ0n) is 11.3. The highest BCUT2D eigenvalue weighted by Crippen LogP contribution is 2.67. The van der Waals surface area contributed by atoms with Gasteiger partial charge in [-0.1, -0.05) is 55.4 Å². The molecular weight excluding hydrogens is 168 g/mol. The molecule has 0 aromatic carbocycles. The third-order valence-corrected chi connectivity index (χ3v) is 4.62. The third kappa shape index (κ3) is 1.85. The number of rotatable bonds is 2. The number of hydrogen-bond donors (Lipinski definition) is 0. The van der Waals surface area contributed by atoms with Crippen molar-refractivity contribution in [2.24, 2.45) is 34.5 Å². The van der Waals surface area contributed by atoms with E-state index in [1.807, 2.05) is 0 Å². The van der Waals surface area contributed by atoms with Gasteiger partial charge in [-0.05, 0) is 34.5 Å². The highest BCUT2D eigenvalue weighted by molar-refractivity contribution is 5.09. The van der Waals surface area contributed by atoms with Gasteiger partial charge in [-0.15, -0.1) is 0 Å². The minimum Gasteiger partial charge on any atom is -0.0625 e. The predicted molar refractivity (Wildman–Crippen MR) is 64.2 cm³/mol. The monoisotopic (exact) mass is 196 g/mol. The predicted octanol–water partition coefficient (Wildman–Crippen LogP) is 4.60. The van der Waals surface area contributed by atoms with Crippen molar-refractivity contribution in [2.45, 2.75) is 55.4 Å². The fourth-order valence-electron chi connectivity index (χ4n) is 3.49. The molecule has 1 fully saturated rings. The maximum absolute atomic E-state index is 2.45. The van der Waals surface area contributed by atoms with Crippen LogP contribution < -0.4 is 0 Å². The molecule has 14 heavy (non-hydrogen) atoms. The van der Waals surface area contributed by atoms with Crippen LogP contribution in [0.4, 0.5) is 0 Å². The summed E-state index contributed by atoms with van der Waals surface area (Å²) in [6.07, 6.45) is 0. The van der Waals surface area contributed by atoms with Gasteiger partial charge in [-0.2, -0.15) is 0 Å². The van der Waals surface area contributed by atoms with E-state index in [1.54, 1.807) is 0 Å². The highest BCUT2D eigenvalue weighted by atomic mass is 14.7. The van der Waals surface area contributed by atoms with Gasteiger partial charge >= 0.3 is 0 Å². The maximum atomic E-state index is 2.45. The molecule has 1 rings (SSSR count). The van der Waals surface area contributed by atoms with E-state index in [0.29, 0.717) is 10.8 Å². The Morgan fingerprint density at radius 2 is 1.36 bits per heavy atom. The van der Waals surface area contributed by atoms with E-state index in [1.165, 1.54) is 0 Å². The fourth-order valence-corrected chi connectivity index (χ4v) is 3.49. The van der Waals surface area contributed by atoms with Crippen molar-refractivity contribution >= 4 is 0 Å². The highest BCUT2D eigenvalue weighted by Gasteiger charge is 2.61. The standard InChI is InChI=1S/C14H28/c1-9(2)11-12(14(11,7)8)10(3)13(4,5)6/h9-12H,1-8H3. The average Bonchev–Trinajstić information content (AvgIpc) is 2.49. The van der Waals surface area contributed by atoms with Crippen molar-refractivity contribution in [3.63, 3.8) is 0 Å². The van der Waals surface area contributed by atoms with Crippen LogP contribution in [0.5, 0.6) is 0 Å². The molecule has 0 spiro atoms. The van der Waals surface area contributed by atoms with Gasteiger partial charge in [0.2, 0.25) is 0 Å². The molecule has 1 aliphatic rings. The van der Waals surface area contributed by atoms with Crippen LogP contribution in [0, 0.1) is 34.5 Å². The Labute approximate surface area is 90.5 Å². The summed E-state index contributed by atoms with van der Waals surface area (Å²) in [6, 6.07) is 0. The summed E-state index contributed by atoms with van der Waals surface area (Å²) in [6.45, 7) is 19.2. The van der Waals surface area contributed by atoms with Gasteiger partial charge in [0.1, 0.15) is 0 Å². The van der Waals surface area contributed by atoms with Crippen molar-refractivity contribution in [3.05, 3.63) is 0 Å². The summed E-state index contributed by atoms with van der Waals surface area (Å²) in [4.78, 5) is 0. The Bertz CT molecular complexity index is 205. The summed E-state index contributed by atoms with van der Waals surface area (Å²) >= 11 is 0. The van der Waals surface area contributed by atoms with Gasteiger partial charge < -0.3 is 0 Å². The maximum Gasteiger partial charge on any atom is -0.0287 e. The lowest BCUT2D eigenvalue weighted by molar-refractivity contribution is 0.205. The van der Waals surface area contributed by atoms with E-state index < -0.39 is 0 Å². The summed E-state index contributed by atoms with van der Waals surface area (Å²) in [5.74, 6) is 3.56. The Kier molecular flexibility index (Phi) is 2.80. The second-order valence-electron chi connectivity index (χ2n) is 7.27. The van der Waals surface area contributed by atoms with Gasteiger partial charge in [0.25, 0.3) is 0 Å². The summed E-state index contributed by atoms with van der Waals surface area (Å²) in [5.41, 5.74) is 1.05. The van der Waals surface area contributed by atoms with Crippen molar-refractivity contribution < 1.29 is 0 Å². The minimum atomic E-state index is 0.464. The van der Waals surface area contributed by atoms with Gasteiger partial charge in [0.05, 0.1) is 0 Å². The Morgan fingerprint density at radius 1 is 0.929 bits per heavy atom. The van der Waals surface area contributed by atoms with E-state index in [9.17, 15) is 0 Å². The molecule has 0 nitrogen and oxygen atoms in total. The molecule has 1 saturated carbocycles. The largest absolute Gasteiger partial charge is 0.0625 e. The van der Waals surface area contributed by atoms with Crippen molar-refractivity contribution in [1.82, 2.24) is 0 Å². The molecule has 0 N–H and O–H groups in total. The van der Waals surface area contributed by atoms with Gasteiger partial charge in [-0.25, -0.2) is 0 Å². The molecule has 0 heterocycles. The lowest BCUT2D eigenvalue weighted by Crippen LogP contribution is -2.21. The first-order chi connectivity index (χ1) is 6.10. The molecule has 0 heteroatoms. The first-order valence-electron chi connectivity index (χ1n) is 6.10. The van der Waals surface area contributed by atoms with E-state index in [4.69, 9.17) is 0 Å². The molecule has 0 amide bonds. The Hall–Kier alpha value is 0. The van der Waals surface area contributed by atoms with E-state index in [-0.39, 0.29) is 0 Å². The second-order valence-corrected chi connectivity index (χ2v) is 7.27. The van der Waals surface area contributed by atoms with Crippen LogP contribution in [-0.2, 0) is 0 Å². The molecular formula is C14H28. The lowest BCUT2D eigenvalue weighted by atomic mass is 9.77. The summed E-state index contributed by atoms with van der Waals surface area (Å²) in [7, 11) is 0. The Balaban J connectivity index is 2.74. The lowest BCUT2D eigenvalue weighted by Gasteiger charge is -2.29. The first-order valence-corrected chi connectivity index (χ1v) is 6.10. The Morgan fingerprint density at radius 3 is 1.57 bits per heavy atom. The van der Waals surface area contributed by atoms with E-state index in [2.05, 4.69) is 55.4 Å². The molecule has 0 bridgehead atoms. The van der Waals surface area contributed by atoms with Crippen LogP contribution in [0.15, 0.2) is 0 Å². The topological polar surface area (TPSA) is 0 Å². The van der Waals surface area contributed by atoms with Crippen LogP contribution in [0.2, 0.25) is 0 Å². The zero-order valence-corrected chi connectivity index (χ0v) is 11.3. The smallest absolute Gasteiger partial charge is 0.0287 e. The van der Waals surface area contributed by atoms with Gasteiger partial charge in [0.15, 0.2) is 0 Å². The fraction of sp³-hybridized carbons (Fsp3) is 1.00. The molecule has 0 saturated heterocycles. The second kappa shape index (κ2) is 3.25. The summed E-state index contributed by atoms with van der Waals surface area (Å²) in [5, 5.41) is 0. The molecule has 0 aromatic heterocycles. The van der Waals surface area contributed by atoms with Crippen molar-refractivity contribution in [2.75, 3.05) is 0 Å². The SMILES string of the molecule is CC(C)C1C(C(C)C(C)(C)C)C1(C)C. The van der Waals surface area contributed by atoms with Gasteiger partial charge in [-0.3, -0.25) is 0 Å². The first kappa shape index (κ1) is 12.1. The molecule has 3 atom stereocenters. The molecule has 0 aliphatic heterocycles.